The summed E-state index contributed by atoms with van der Waals surface area (Å²) in [7, 11) is -4.28. The van der Waals surface area contributed by atoms with Crippen LogP contribution in [0.4, 0.5) is 0 Å². The number of Topliss-reactive ketones (excluding diaryl/α,β-unsaturated/α-hetero) is 1. The fourth-order valence-corrected chi connectivity index (χ4v) is 2.52. The summed E-state index contributed by atoms with van der Waals surface area (Å²) in [6, 6.07) is 9.23. The molecule has 0 radical (unpaired) electrons. The van der Waals surface area contributed by atoms with Crippen molar-refractivity contribution in [2.45, 2.75) is 11.8 Å². The van der Waals surface area contributed by atoms with Crippen LogP contribution in [0.3, 0.4) is 0 Å². The molecule has 17 heavy (non-hydrogen) atoms. The minimum atomic E-state index is -4.28. The van der Waals surface area contributed by atoms with Crippen LogP contribution in [0.15, 0.2) is 41.3 Å². The average molecular weight is 250 g/mol. The van der Waals surface area contributed by atoms with Crippen LogP contribution in [0.25, 0.3) is 10.8 Å². The molecule has 0 bridgehead atoms. The number of benzene rings is 2. The van der Waals surface area contributed by atoms with Gasteiger partial charge in [-0.05, 0) is 18.4 Å². The van der Waals surface area contributed by atoms with Crippen LogP contribution in [-0.2, 0) is 10.1 Å². The minimum Gasteiger partial charge on any atom is -0.294 e. The summed E-state index contributed by atoms with van der Waals surface area (Å²) < 4.78 is 31.5. The second kappa shape index (κ2) is 3.94. The van der Waals surface area contributed by atoms with Gasteiger partial charge in [0.15, 0.2) is 5.78 Å². The molecule has 4 nitrogen and oxygen atoms in total. The van der Waals surface area contributed by atoms with Crippen LogP contribution >= 0.6 is 0 Å². The number of ketones is 1. The van der Waals surface area contributed by atoms with Gasteiger partial charge in [-0.15, -0.1) is 0 Å². The summed E-state index contributed by atoms with van der Waals surface area (Å²) in [5.74, 6) is -0.150. The molecule has 0 spiro atoms. The molecule has 2 aromatic carbocycles. The molecule has 0 saturated carbocycles. The summed E-state index contributed by atoms with van der Waals surface area (Å²) in [5, 5.41) is 0.873. The van der Waals surface area contributed by atoms with Crippen molar-refractivity contribution in [2.24, 2.45) is 0 Å². The van der Waals surface area contributed by atoms with Gasteiger partial charge in [-0.25, -0.2) is 0 Å². The molecule has 0 aliphatic carbocycles. The molecule has 0 heterocycles. The van der Waals surface area contributed by atoms with Crippen molar-refractivity contribution in [3.8, 4) is 0 Å². The molecule has 0 fully saturated rings. The molecule has 0 unspecified atom stereocenters. The molecule has 5 heteroatoms. The summed E-state index contributed by atoms with van der Waals surface area (Å²) in [4.78, 5) is 11.2. The lowest BCUT2D eigenvalue weighted by molar-refractivity contribution is 0.101. The Bertz CT molecular complexity index is 702. The predicted molar refractivity (Wildman–Crippen MR) is 63.8 cm³/mol. The second-order valence-corrected chi connectivity index (χ2v) is 5.08. The van der Waals surface area contributed by atoms with Gasteiger partial charge in [-0.2, -0.15) is 8.42 Å². The van der Waals surface area contributed by atoms with Gasteiger partial charge in [-0.3, -0.25) is 9.35 Å². The zero-order chi connectivity index (χ0) is 12.6. The van der Waals surface area contributed by atoms with Crippen molar-refractivity contribution < 1.29 is 17.8 Å². The van der Waals surface area contributed by atoms with Crippen LogP contribution in [0.5, 0.6) is 0 Å². The van der Waals surface area contributed by atoms with E-state index in [0.717, 1.165) is 0 Å². The Morgan fingerprint density at radius 2 is 1.65 bits per heavy atom. The molecule has 0 aromatic heterocycles. The highest BCUT2D eigenvalue weighted by Gasteiger charge is 2.15. The van der Waals surface area contributed by atoms with E-state index in [4.69, 9.17) is 4.55 Å². The van der Waals surface area contributed by atoms with E-state index in [1.54, 1.807) is 24.3 Å². The van der Waals surface area contributed by atoms with Gasteiger partial charge >= 0.3 is 0 Å². The fraction of sp³-hybridized carbons (Fsp3) is 0.0833. The molecule has 2 aromatic rings. The van der Waals surface area contributed by atoms with E-state index in [-0.39, 0.29) is 10.7 Å². The molecule has 0 aliphatic heterocycles. The van der Waals surface area contributed by atoms with E-state index in [9.17, 15) is 13.2 Å². The van der Waals surface area contributed by atoms with Gasteiger partial charge in [0, 0.05) is 10.9 Å². The van der Waals surface area contributed by atoms with Crippen molar-refractivity contribution in [1.29, 1.82) is 0 Å². The number of hydrogen-bond donors (Lipinski definition) is 1. The lowest BCUT2D eigenvalue weighted by atomic mass is 10.0. The van der Waals surface area contributed by atoms with Gasteiger partial charge < -0.3 is 0 Å². The summed E-state index contributed by atoms with van der Waals surface area (Å²) in [6.45, 7) is 1.41. The molecular formula is C12H10O4S. The van der Waals surface area contributed by atoms with E-state index in [2.05, 4.69) is 0 Å². The van der Waals surface area contributed by atoms with E-state index < -0.39 is 10.1 Å². The van der Waals surface area contributed by atoms with Gasteiger partial charge in [-0.1, -0.05) is 30.3 Å². The van der Waals surface area contributed by atoms with Crippen molar-refractivity contribution in [2.75, 3.05) is 0 Å². The lowest BCUT2D eigenvalue weighted by Crippen LogP contribution is -2.01. The molecule has 0 aliphatic rings. The summed E-state index contributed by atoms with van der Waals surface area (Å²) in [6.07, 6.45) is 0. The molecule has 1 N–H and O–H groups in total. The molecule has 0 saturated heterocycles. The topological polar surface area (TPSA) is 71.4 Å². The number of rotatable bonds is 2. The Kier molecular flexibility index (Phi) is 2.73. The van der Waals surface area contributed by atoms with Crippen LogP contribution in [0, 0.1) is 0 Å². The zero-order valence-electron chi connectivity index (χ0n) is 9.04. The Morgan fingerprint density at radius 3 is 2.24 bits per heavy atom. The maximum absolute atomic E-state index is 11.4. The molecule has 0 amide bonds. The molecular weight excluding hydrogens is 240 g/mol. The molecule has 88 valence electrons. The lowest BCUT2D eigenvalue weighted by Gasteiger charge is -2.06. The van der Waals surface area contributed by atoms with Crippen LogP contribution in [0.2, 0.25) is 0 Å². The van der Waals surface area contributed by atoms with Crippen molar-refractivity contribution in [1.82, 2.24) is 0 Å². The quantitative estimate of drug-likeness (QED) is 0.655. The van der Waals surface area contributed by atoms with Gasteiger partial charge in [0.1, 0.15) is 4.90 Å². The number of fused-ring (bicyclic) bond motifs is 1. The first-order valence-electron chi connectivity index (χ1n) is 4.91. The first kappa shape index (κ1) is 11.8. The highest BCUT2D eigenvalue weighted by molar-refractivity contribution is 7.86. The highest BCUT2D eigenvalue weighted by atomic mass is 32.2. The summed E-state index contributed by atoms with van der Waals surface area (Å²) in [5.41, 5.74) is 0.438. The number of hydrogen-bond acceptors (Lipinski definition) is 3. The van der Waals surface area contributed by atoms with E-state index >= 15 is 0 Å². The van der Waals surface area contributed by atoms with Crippen molar-refractivity contribution in [3.05, 3.63) is 42.0 Å². The SMILES string of the molecule is CC(=O)c1cccc2c(S(=O)(=O)O)cccc12. The Hall–Kier alpha value is -1.72. The normalized spacial score (nSPS) is 11.6. The minimum absolute atomic E-state index is 0.150. The Balaban J connectivity index is 2.94. The smallest absolute Gasteiger partial charge is 0.294 e. The fourth-order valence-electron chi connectivity index (χ4n) is 1.81. The first-order valence-corrected chi connectivity index (χ1v) is 6.35. The molecule has 2 rings (SSSR count). The standard InChI is InChI=1S/C12H10O4S/c1-8(13)9-4-2-6-11-10(9)5-3-7-12(11)17(14,15)16/h2-7H,1H3,(H,14,15,16). The van der Waals surface area contributed by atoms with E-state index in [1.165, 1.54) is 19.1 Å². The van der Waals surface area contributed by atoms with Gasteiger partial charge in [0.05, 0.1) is 0 Å². The summed E-state index contributed by atoms with van der Waals surface area (Å²) >= 11 is 0. The largest absolute Gasteiger partial charge is 0.295 e. The second-order valence-electron chi connectivity index (χ2n) is 3.69. The number of carbonyl (C=O) groups excluding carboxylic acids is 1. The van der Waals surface area contributed by atoms with E-state index in [1.807, 2.05) is 0 Å². The van der Waals surface area contributed by atoms with Crippen molar-refractivity contribution in [3.63, 3.8) is 0 Å². The maximum Gasteiger partial charge on any atom is 0.295 e. The van der Waals surface area contributed by atoms with Gasteiger partial charge in [0.2, 0.25) is 0 Å². The monoisotopic (exact) mass is 250 g/mol. The Morgan fingerprint density at radius 1 is 1.06 bits per heavy atom. The zero-order valence-corrected chi connectivity index (χ0v) is 9.86. The van der Waals surface area contributed by atoms with Crippen LogP contribution < -0.4 is 0 Å². The third-order valence-electron chi connectivity index (χ3n) is 2.54. The first-order chi connectivity index (χ1) is 7.91. The highest BCUT2D eigenvalue weighted by Crippen LogP contribution is 2.25. The number of carbonyl (C=O) groups is 1. The van der Waals surface area contributed by atoms with Crippen molar-refractivity contribution >= 4 is 26.7 Å². The van der Waals surface area contributed by atoms with Crippen LogP contribution in [0.1, 0.15) is 17.3 Å². The predicted octanol–water partition coefficient (Wildman–Crippen LogP) is 2.29. The maximum atomic E-state index is 11.4. The third-order valence-corrected chi connectivity index (χ3v) is 3.45. The van der Waals surface area contributed by atoms with Crippen LogP contribution in [-0.4, -0.2) is 18.8 Å². The third kappa shape index (κ3) is 2.07. The van der Waals surface area contributed by atoms with Gasteiger partial charge in [0.25, 0.3) is 10.1 Å². The average Bonchev–Trinajstić information content (AvgIpc) is 2.26. The molecule has 0 atom stereocenters. The Labute approximate surface area is 98.6 Å². The van der Waals surface area contributed by atoms with E-state index in [0.29, 0.717) is 16.3 Å².